The molecule has 0 fully saturated rings. The van der Waals surface area contributed by atoms with E-state index < -0.39 is 39.0 Å². The summed E-state index contributed by atoms with van der Waals surface area (Å²) in [6.07, 6.45) is 7.56. The van der Waals surface area contributed by atoms with Crippen LogP contribution in [0.15, 0.2) is 41.6 Å². The van der Waals surface area contributed by atoms with Crippen molar-refractivity contribution < 1.29 is 104 Å². The Bertz CT molecular complexity index is 3030. The number of nitro groups is 2. The van der Waals surface area contributed by atoms with Gasteiger partial charge in [-0.25, -0.2) is 0 Å². The zero-order valence-corrected chi connectivity index (χ0v) is 56.9. The van der Waals surface area contributed by atoms with E-state index in [0.29, 0.717) is 75.9 Å². The summed E-state index contributed by atoms with van der Waals surface area (Å²) in [5.74, 6) is 0.725. The number of unbranched alkanes of at least 4 members (excludes halogenated alkanes) is 6. The molecule has 0 aliphatic rings. The molecule has 3 rings (SSSR count). The molecule has 0 saturated heterocycles. The summed E-state index contributed by atoms with van der Waals surface area (Å²) in [6, 6.07) is 13.4. The van der Waals surface area contributed by atoms with Crippen LogP contribution in [0, 0.1) is 59.1 Å². The van der Waals surface area contributed by atoms with Gasteiger partial charge in [0, 0.05) is 79.2 Å². The quantitative estimate of drug-likeness (QED) is 0.00880. The number of hydrogen-bond donors (Lipinski definition) is 5. The number of methoxy groups -OCH3 is 3. The first-order valence-corrected chi connectivity index (χ1v) is 33.4. The molecule has 3 unspecified atom stereocenters. The van der Waals surface area contributed by atoms with E-state index >= 15 is 0 Å². The van der Waals surface area contributed by atoms with Gasteiger partial charge in [0.05, 0.1) is 124 Å². The molecule has 0 aliphatic carbocycles. The van der Waals surface area contributed by atoms with Gasteiger partial charge in [-0.3, -0.25) is 48.5 Å². The minimum Gasteiger partial charge on any atom is -0.596 e. The minimum absolute atomic E-state index is 0.00810. The number of nitro benzene ring substituents is 2. The highest BCUT2D eigenvalue weighted by Gasteiger charge is 2.28. The van der Waals surface area contributed by atoms with E-state index in [0.717, 1.165) is 32.8 Å². The van der Waals surface area contributed by atoms with E-state index in [1.807, 2.05) is 12.1 Å². The molecular weight excluding hydrogens is 1300 g/mol. The topological polar surface area (TPSA) is 512 Å². The van der Waals surface area contributed by atoms with E-state index in [1.54, 1.807) is 20.2 Å². The van der Waals surface area contributed by atoms with Crippen LogP contribution >= 0.6 is 23.2 Å². The first-order valence-electron chi connectivity index (χ1n) is 28.6. The third-order valence-electron chi connectivity index (χ3n) is 11.9. The van der Waals surface area contributed by atoms with Gasteiger partial charge in [-0.1, -0.05) is 4.57 Å². The Hall–Kier alpha value is -8.31. The normalized spacial score (nSPS) is 11.3. The van der Waals surface area contributed by atoms with Crippen molar-refractivity contribution in [1.29, 1.82) is 15.8 Å². The molecule has 0 radical (unpaired) electrons. The summed E-state index contributed by atoms with van der Waals surface area (Å²) in [6.45, 7) is 0.213. The molecule has 2 amide bonds. The summed E-state index contributed by atoms with van der Waals surface area (Å²) in [5, 5.41) is 71.6. The largest absolute Gasteiger partial charge is 0.596 e. The standard InChI is InChI=1S/C19H28N3O8P.C18H25N2O9P.C15H20N2O5.C3H4NO2P.CH5N.CH4O/c1-21-19(23)8-5-4-6-10-29-18-13-16(22(24)25)15(12-17(18)27-2)14-30-31(26,28-3)11-7-9-20;1-26-16-11-14(13-29-30(25,27-2)10-6-8-19)15(20(23)24)12-17(16)28-9-5-3-4-7-18(21)22;1-16-15(19)6-4-3-5-7-22-14-9-12(17-20)11(10-18)8-13(14)21-2;4-2-1-3-7(5)6;2*1-2/h12-13H,4-8,10-11,14H2,1-3H3,(H,21,23);11-12H,3-7,9-10,13H2,1-2H3,(H,21,22);8-10H,3-7H2,1-2H3,(H,16,19);1,3H2;2H2,1H3;2H,1H3. The number of carbonyl (C=O) groups is 4. The van der Waals surface area contributed by atoms with Crippen molar-refractivity contribution in [1.82, 2.24) is 10.6 Å². The predicted molar refractivity (Wildman–Crippen MR) is 341 cm³/mol. The molecular formula is C57H86N9O25P3. The lowest BCUT2D eigenvalue weighted by molar-refractivity contribution is -0.386. The molecule has 0 aliphatic heterocycles. The van der Waals surface area contributed by atoms with Crippen molar-refractivity contribution in [2.24, 2.45) is 10.9 Å². The average Bonchev–Trinajstić information content (AvgIpc) is 0.875. The second kappa shape index (κ2) is 55.2. The summed E-state index contributed by atoms with van der Waals surface area (Å²) >= 11 is 0. The highest BCUT2D eigenvalue weighted by Crippen LogP contribution is 2.51. The molecule has 94 heavy (non-hydrogen) atoms. The Labute approximate surface area is 546 Å². The van der Waals surface area contributed by atoms with Crippen LogP contribution in [0.3, 0.4) is 0 Å². The molecule has 524 valence electrons. The number of nitrogens with two attached hydrogens (primary N) is 1. The van der Waals surface area contributed by atoms with E-state index in [-0.39, 0.29) is 133 Å². The number of nitroso groups, excluding NO2 is 1. The monoisotopic (exact) mass is 1390 g/mol. The Kier molecular flexibility index (Phi) is 52.8. The van der Waals surface area contributed by atoms with E-state index in [4.69, 9.17) is 72.5 Å². The molecule has 0 saturated carbocycles. The maximum atomic E-state index is 12.5. The molecule has 0 bridgehead atoms. The number of hydrogen-bond acceptors (Lipinski definition) is 29. The third kappa shape index (κ3) is 39.3. The van der Waals surface area contributed by atoms with Crippen LogP contribution in [0.1, 0.15) is 118 Å². The number of benzene rings is 3. The Morgan fingerprint density at radius 3 is 1.27 bits per heavy atom. The lowest BCUT2D eigenvalue weighted by Crippen LogP contribution is -2.16. The summed E-state index contributed by atoms with van der Waals surface area (Å²) in [4.78, 5) is 85.7. The van der Waals surface area contributed by atoms with Gasteiger partial charge in [0.2, 0.25) is 11.8 Å². The van der Waals surface area contributed by atoms with Crippen LogP contribution in [0.2, 0.25) is 0 Å². The van der Waals surface area contributed by atoms with Crippen LogP contribution in [0.25, 0.3) is 0 Å². The fourth-order valence-electron chi connectivity index (χ4n) is 7.06. The van der Waals surface area contributed by atoms with Gasteiger partial charge in [0.15, 0.2) is 46.9 Å². The highest BCUT2D eigenvalue weighted by atomic mass is 31.2. The number of carboxylic acid groups (broad SMARTS) is 1. The smallest absolute Gasteiger partial charge is 0.331 e. The third-order valence-corrected chi connectivity index (χ3v) is 16.2. The summed E-state index contributed by atoms with van der Waals surface area (Å²) in [5.41, 5.74) is 4.34. The molecule has 0 aromatic heterocycles. The number of ether oxygens (including phenoxy) is 6. The van der Waals surface area contributed by atoms with Crippen molar-refractivity contribution in [3.05, 3.63) is 78.2 Å². The number of aliphatic hydroxyl groups excluding tert-OH is 1. The van der Waals surface area contributed by atoms with Crippen LogP contribution < -0.4 is 49.7 Å². The molecule has 37 heteroatoms. The second-order valence-electron chi connectivity index (χ2n) is 18.1. The lowest BCUT2D eigenvalue weighted by atomic mass is 10.1. The zero-order chi connectivity index (χ0) is 71.9. The Morgan fingerprint density at radius 2 is 0.979 bits per heavy atom. The van der Waals surface area contributed by atoms with Crippen LogP contribution in [0.4, 0.5) is 17.1 Å². The van der Waals surface area contributed by atoms with Crippen molar-refractivity contribution in [3.8, 4) is 52.7 Å². The number of aldehydes is 1. The number of nitriles is 3. The maximum absolute atomic E-state index is 12.5. The number of rotatable bonds is 42. The van der Waals surface area contributed by atoms with Gasteiger partial charge in [-0.2, -0.15) is 15.8 Å². The number of aliphatic hydroxyl groups is 1. The van der Waals surface area contributed by atoms with Crippen LogP contribution in [0.5, 0.6) is 34.5 Å². The van der Waals surface area contributed by atoms with Crippen LogP contribution in [-0.4, -0.2) is 146 Å². The lowest BCUT2D eigenvalue weighted by Gasteiger charge is -2.16. The summed E-state index contributed by atoms with van der Waals surface area (Å²) in [7, 11) is 2.85. The molecule has 0 heterocycles. The first-order chi connectivity index (χ1) is 45.0. The summed E-state index contributed by atoms with van der Waals surface area (Å²) < 4.78 is 87.3. The van der Waals surface area contributed by atoms with E-state index in [9.17, 15) is 62.9 Å². The fourth-order valence-corrected chi connectivity index (χ4v) is 9.59. The van der Waals surface area contributed by atoms with Gasteiger partial charge < -0.3 is 78.0 Å². The van der Waals surface area contributed by atoms with Gasteiger partial charge in [-0.05, 0) is 88.2 Å². The number of carboxylic acids is 1. The number of carbonyl (C=O) groups excluding carboxylic acids is 3. The van der Waals surface area contributed by atoms with Crippen molar-refractivity contribution in [3.63, 3.8) is 0 Å². The van der Waals surface area contributed by atoms with Crippen molar-refractivity contribution >= 4 is 64.4 Å². The second-order valence-corrected chi connectivity index (χ2v) is 23.8. The van der Waals surface area contributed by atoms with Gasteiger partial charge in [-0.15, -0.1) is 4.91 Å². The van der Waals surface area contributed by atoms with Crippen molar-refractivity contribution in [2.45, 2.75) is 110 Å². The molecule has 6 N–H and O–H groups in total. The SMILES string of the molecule is CN.CNC(=O)CCCCCOc1cc(N=O)c(C=O)cc1OC.CNC(=O)CCCCCOc1cc([N+](=O)[O-])c(COP(=O)(CCC#N)OC)cc1OC.CO.COc1cc(COP(=O)(CCC#N)OC)c([N+](=O)[O-])cc1OCCCCCC(=O)O.N#CCC[P+](=O)[O-]. The molecule has 3 atom stereocenters. The molecule has 3 aromatic rings. The number of nitrogens with zero attached hydrogens (tertiary/aromatic N) is 6. The minimum atomic E-state index is -3.56. The number of aliphatic carboxylic acids is 1. The van der Waals surface area contributed by atoms with Crippen LogP contribution in [-0.2, 0) is 59.4 Å². The fraction of sp³-hybridized carbons (Fsp3) is 0.561. The first kappa shape index (κ1) is 89.9. The highest BCUT2D eigenvalue weighted by molar-refractivity contribution is 7.54. The number of amides is 2. The molecule has 34 nitrogen and oxygen atoms in total. The van der Waals surface area contributed by atoms with Crippen molar-refractivity contribution in [2.75, 3.05) is 102 Å². The van der Waals surface area contributed by atoms with Gasteiger partial charge in [0.25, 0.3) is 11.4 Å². The van der Waals surface area contributed by atoms with E-state index in [2.05, 4.69) is 21.5 Å². The number of nitrogens with one attached hydrogen (secondary N) is 2. The zero-order valence-electron chi connectivity index (χ0n) is 54.2. The maximum Gasteiger partial charge on any atom is 0.331 e. The predicted octanol–water partition coefficient (Wildman–Crippen LogP) is 9.23. The van der Waals surface area contributed by atoms with Gasteiger partial charge in [0.1, 0.15) is 5.69 Å². The van der Waals surface area contributed by atoms with Gasteiger partial charge >= 0.3 is 29.2 Å². The van der Waals surface area contributed by atoms with E-state index in [1.165, 1.54) is 79.0 Å². The molecule has 0 spiro atoms. The Morgan fingerprint density at radius 1 is 0.617 bits per heavy atom. The Balaban J connectivity index is -0.00000123. The average molecular weight is 1390 g/mol. The molecule has 3 aromatic carbocycles.